The summed E-state index contributed by atoms with van der Waals surface area (Å²) < 4.78 is 11.7. The second-order valence-electron chi connectivity index (χ2n) is 7.59. The van der Waals surface area contributed by atoms with Crippen LogP contribution in [0.3, 0.4) is 0 Å². The van der Waals surface area contributed by atoms with Crippen LogP contribution >= 0.6 is 0 Å². The van der Waals surface area contributed by atoms with Crippen LogP contribution in [0.2, 0.25) is 0 Å². The van der Waals surface area contributed by atoms with Gasteiger partial charge in [0.15, 0.2) is 11.3 Å². The van der Waals surface area contributed by atoms with E-state index >= 15 is 0 Å². The Kier molecular flexibility index (Phi) is 6.23. The van der Waals surface area contributed by atoms with Gasteiger partial charge in [0.1, 0.15) is 5.58 Å². The maximum Gasteiger partial charge on any atom is 0.224 e. The van der Waals surface area contributed by atoms with Crippen molar-refractivity contribution in [1.82, 2.24) is 0 Å². The monoisotopic (exact) mass is 421 g/mol. The summed E-state index contributed by atoms with van der Waals surface area (Å²) in [6, 6.07) is 14.9. The number of hydrogen-bond donors (Lipinski definition) is 2. The molecule has 1 fully saturated rings. The second kappa shape index (κ2) is 9.22. The van der Waals surface area contributed by atoms with E-state index in [1.54, 1.807) is 13.0 Å². The van der Waals surface area contributed by atoms with Gasteiger partial charge >= 0.3 is 0 Å². The summed E-state index contributed by atoms with van der Waals surface area (Å²) in [5.41, 5.74) is 2.60. The van der Waals surface area contributed by atoms with Crippen molar-refractivity contribution in [2.45, 2.75) is 26.3 Å². The predicted molar refractivity (Wildman–Crippen MR) is 123 cm³/mol. The molecule has 162 valence electrons. The Morgan fingerprint density at radius 1 is 1.13 bits per heavy atom. The van der Waals surface area contributed by atoms with Gasteiger partial charge in [0.05, 0.1) is 30.3 Å². The molecule has 0 spiro atoms. The number of carbonyl (C=O) groups is 1. The third kappa shape index (κ3) is 4.56. The van der Waals surface area contributed by atoms with Crippen LogP contribution in [0.25, 0.3) is 11.0 Å². The largest absolute Gasteiger partial charge is 0.440 e. The smallest absolute Gasteiger partial charge is 0.224 e. The van der Waals surface area contributed by atoms with Crippen LogP contribution in [-0.4, -0.2) is 32.2 Å². The third-order valence-electron chi connectivity index (χ3n) is 5.44. The quantitative estimate of drug-likeness (QED) is 0.622. The van der Waals surface area contributed by atoms with Crippen molar-refractivity contribution in [2.75, 3.05) is 41.8 Å². The van der Waals surface area contributed by atoms with E-state index in [2.05, 4.69) is 10.6 Å². The number of fused-ring (bicyclic) bond motifs is 1. The van der Waals surface area contributed by atoms with Crippen molar-refractivity contribution >= 4 is 34.1 Å². The number of nitrogens with one attached hydrogen (secondary N) is 2. The van der Waals surface area contributed by atoms with Crippen molar-refractivity contribution in [1.29, 1.82) is 0 Å². The third-order valence-corrected chi connectivity index (χ3v) is 5.44. The van der Waals surface area contributed by atoms with E-state index in [-0.39, 0.29) is 17.4 Å². The second-order valence-corrected chi connectivity index (χ2v) is 7.59. The highest BCUT2D eigenvalue weighted by atomic mass is 16.5. The first kappa shape index (κ1) is 20.9. The number of hydrogen-bond acceptors (Lipinski definition) is 6. The molecule has 0 radical (unpaired) electrons. The highest BCUT2D eigenvalue weighted by Crippen LogP contribution is 2.32. The van der Waals surface area contributed by atoms with Crippen molar-refractivity contribution in [2.24, 2.45) is 0 Å². The molecule has 1 atom stereocenters. The van der Waals surface area contributed by atoms with E-state index < -0.39 is 0 Å². The number of rotatable bonds is 6. The number of nitrogens with zero attached hydrogens (tertiary/aromatic N) is 1. The molecular weight excluding hydrogens is 394 g/mol. The minimum Gasteiger partial charge on any atom is -0.440 e. The molecular formula is C24H27N3O4. The Labute approximate surface area is 181 Å². The standard InChI is InChI=1S/C24H27N3O4/c1-3-21(29)26-19-10-9-18(16(2)25-17-7-5-4-6-8-17)24-23(19)20(28)15-22(31-24)27-11-13-30-14-12-27/h4-10,15-16,25H,3,11-14H2,1-2H3,(H,26,29). The SMILES string of the molecule is CCC(=O)Nc1ccc(C(C)Nc2ccccc2)c2oc(N3CCOCC3)cc(=O)c12. The highest BCUT2D eigenvalue weighted by Gasteiger charge is 2.21. The van der Waals surface area contributed by atoms with Crippen LogP contribution in [0.5, 0.6) is 0 Å². The number of carbonyl (C=O) groups excluding carboxylic acids is 1. The molecule has 1 unspecified atom stereocenters. The highest BCUT2D eigenvalue weighted by molar-refractivity contribution is 6.01. The van der Waals surface area contributed by atoms with Gasteiger partial charge in [-0.3, -0.25) is 9.59 Å². The van der Waals surface area contributed by atoms with E-state index in [1.807, 2.05) is 48.2 Å². The number of benzene rings is 2. The molecule has 2 heterocycles. The summed E-state index contributed by atoms with van der Waals surface area (Å²) in [4.78, 5) is 27.2. The molecule has 4 rings (SSSR count). The molecule has 1 aliphatic rings. The molecule has 1 saturated heterocycles. The fraction of sp³-hybridized carbons (Fsp3) is 0.333. The fourth-order valence-electron chi connectivity index (χ4n) is 3.76. The normalized spacial score (nSPS) is 15.0. The number of morpholine rings is 1. The van der Waals surface area contributed by atoms with Crippen molar-refractivity contribution in [3.8, 4) is 0 Å². The minimum absolute atomic E-state index is 0.121. The van der Waals surface area contributed by atoms with E-state index in [4.69, 9.17) is 9.15 Å². The summed E-state index contributed by atoms with van der Waals surface area (Å²) in [5.74, 6) is 0.370. The first-order chi connectivity index (χ1) is 15.1. The maximum absolute atomic E-state index is 13.2. The first-order valence-electron chi connectivity index (χ1n) is 10.6. The fourth-order valence-corrected chi connectivity index (χ4v) is 3.76. The zero-order valence-electron chi connectivity index (χ0n) is 17.8. The topological polar surface area (TPSA) is 83.8 Å². The average molecular weight is 421 g/mol. The van der Waals surface area contributed by atoms with Gasteiger partial charge in [-0.15, -0.1) is 0 Å². The number of ether oxygens (including phenoxy) is 1. The zero-order chi connectivity index (χ0) is 21.8. The van der Waals surface area contributed by atoms with Gasteiger partial charge in [0.25, 0.3) is 0 Å². The lowest BCUT2D eigenvalue weighted by Crippen LogP contribution is -2.36. The van der Waals surface area contributed by atoms with Gasteiger partial charge in [0.2, 0.25) is 5.91 Å². The van der Waals surface area contributed by atoms with Crippen molar-refractivity contribution in [3.63, 3.8) is 0 Å². The lowest BCUT2D eigenvalue weighted by molar-refractivity contribution is -0.115. The summed E-state index contributed by atoms with van der Waals surface area (Å²) >= 11 is 0. The van der Waals surface area contributed by atoms with E-state index in [9.17, 15) is 9.59 Å². The van der Waals surface area contributed by atoms with Crippen LogP contribution < -0.4 is 21.0 Å². The molecule has 1 aliphatic heterocycles. The number of amides is 1. The lowest BCUT2D eigenvalue weighted by Gasteiger charge is -2.27. The van der Waals surface area contributed by atoms with Crippen LogP contribution in [-0.2, 0) is 9.53 Å². The summed E-state index contributed by atoms with van der Waals surface area (Å²) in [7, 11) is 0. The summed E-state index contributed by atoms with van der Waals surface area (Å²) in [6.45, 7) is 6.30. The summed E-state index contributed by atoms with van der Waals surface area (Å²) in [6.07, 6.45) is 0.326. The molecule has 2 N–H and O–H groups in total. The molecule has 0 saturated carbocycles. The van der Waals surface area contributed by atoms with Crippen LogP contribution in [0.1, 0.15) is 31.9 Å². The molecule has 1 amide bonds. The van der Waals surface area contributed by atoms with Crippen LogP contribution in [0.4, 0.5) is 17.3 Å². The van der Waals surface area contributed by atoms with Gasteiger partial charge in [0, 0.05) is 36.8 Å². The van der Waals surface area contributed by atoms with Crippen LogP contribution in [0, 0.1) is 0 Å². The Bertz CT molecular complexity index is 1120. The molecule has 31 heavy (non-hydrogen) atoms. The Morgan fingerprint density at radius 2 is 1.87 bits per heavy atom. The number of anilines is 3. The van der Waals surface area contributed by atoms with Gasteiger partial charge in [-0.05, 0) is 25.1 Å². The Balaban J connectivity index is 1.82. The van der Waals surface area contributed by atoms with E-state index in [0.29, 0.717) is 55.3 Å². The maximum atomic E-state index is 13.2. The number of para-hydroxylation sites is 1. The molecule has 7 nitrogen and oxygen atoms in total. The average Bonchev–Trinajstić information content (AvgIpc) is 2.80. The van der Waals surface area contributed by atoms with Crippen LogP contribution in [0.15, 0.2) is 57.7 Å². The van der Waals surface area contributed by atoms with E-state index in [0.717, 1.165) is 11.3 Å². The van der Waals surface area contributed by atoms with E-state index in [1.165, 1.54) is 6.07 Å². The first-order valence-corrected chi connectivity index (χ1v) is 10.6. The van der Waals surface area contributed by atoms with Crippen molar-refractivity contribution < 1.29 is 13.9 Å². The molecule has 7 heteroatoms. The Hall–Kier alpha value is -3.32. The summed E-state index contributed by atoms with van der Waals surface area (Å²) in [5, 5.41) is 6.68. The predicted octanol–water partition coefficient (Wildman–Crippen LogP) is 4.15. The molecule has 0 bridgehead atoms. The van der Waals surface area contributed by atoms with Gasteiger partial charge in [-0.1, -0.05) is 31.2 Å². The molecule has 2 aromatic carbocycles. The Morgan fingerprint density at radius 3 is 2.58 bits per heavy atom. The molecule has 0 aliphatic carbocycles. The van der Waals surface area contributed by atoms with Gasteiger partial charge < -0.3 is 24.7 Å². The molecule has 1 aromatic heterocycles. The zero-order valence-corrected chi connectivity index (χ0v) is 17.8. The van der Waals surface area contributed by atoms with Gasteiger partial charge in [-0.25, -0.2) is 0 Å². The lowest BCUT2D eigenvalue weighted by atomic mass is 10.0. The minimum atomic E-state index is -0.178. The van der Waals surface area contributed by atoms with Crippen molar-refractivity contribution in [3.05, 3.63) is 64.3 Å². The molecule has 3 aromatic rings. The van der Waals surface area contributed by atoms with Gasteiger partial charge in [-0.2, -0.15) is 0 Å².